The molecule has 1 saturated heterocycles. The van der Waals surface area contributed by atoms with Gasteiger partial charge in [0.1, 0.15) is 17.2 Å². The van der Waals surface area contributed by atoms with Crippen LogP contribution in [0.25, 0.3) is 21.9 Å². The van der Waals surface area contributed by atoms with Crippen molar-refractivity contribution in [3.05, 3.63) is 106 Å². The first-order chi connectivity index (χ1) is 23.7. The Hall–Kier alpha value is -4.18. The summed E-state index contributed by atoms with van der Waals surface area (Å²) in [4.78, 5) is 16.4. The smallest absolute Gasteiger partial charge is 0.410 e. The Morgan fingerprint density at radius 2 is 1.46 bits per heavy atom. The maximum absolute atomic E-state index is 16.0. The number of benzene rings is 4. The van der Waals surface area contributed by atoms with Crippen LogP contribution in [0.2, 0.25) is 10.2 Å². The van der Waals surface area contributed by atoms with E-state index >= 15 is 4.39 Å². The SMILES string of the molecule is CC(C)(C)OC(=O)N1CCN(c2nnc(Cl)c3cc(-c4c(F)cccc4O[Si](c4ccccc4)c4ccc(C(C)(C)C)cc4)c(Cl)cc23)CC1. The van der Waals surface area contributed by atoms with Gasteiger partial charge in [-0.2, -0.15) is 0 Å². The van der Waals surface area contributed by atoms with E-state index in [1.54, 1.807) is 29.2 Å². The number of hydrogen-bond acceptors (Lipinski definition) is 6. The Kier molecular flexibility index (Phi) is 10.1. The predicted octanol–water partition coefficient (Wildman–Crippen LogP) is 8.28. The fourth-order valence-electron chi connectivity index (χ4n) is 5.94. The number of carbonyl (C=O) groups is 1. The minimum Gasteiger partial charge on any atom is -0.532 e. The van der Waals surface area contributed by atoms with Gasteiger partial charge in [-0.25, -0.2) is 9.18 Å². The second-order valence-electron chi connectivity index (χ2n) is 14.4. The molecule has 11 heteroatoms. The zero-order valence-corrected chi connectivity index (χ0v) is 31.6. The number of piperazine rings is 1. The maximum Gasteiger partial charge on any atom is 0.410 e. The minimum atomic E-state index is -1.87. The molecule has 0 N–H and O–H groups in total. The number of anilines is 1. The molecule has 1 aromatic heterocycles. The highest BCUT2D eigenvalue weighted by Gasteiger charge is 2.29. The van der Waals surface area contributed by atoms with E-state index in [0.29, 0.717) is 59.1 Å². The Bertz CT molecular complexity index is 2010. The molecule has 6 rings (SSSR count). The highest BCUT2D eigenvalue weighted by Crippen LogP contribution is 2.42. The van der Waals surface area contributed by atoms with Gasteiger partial charge < -0.3 is 19.0 Å². The van der Waals surface area contributed by atoms with Crippen molar-refractivity contribution >= 4 is 65.3 Å². The summed E-state index contributed by atoms with van der Waals surface area (Å²) >= 11 is 13.7. The lowest BCUT2D eigenvalue weighted by Crippen LogP contribution is -2.50. The van der Waals surface area contributed by atoms with Crippen molar-refractivity contribution in [2.45, 2.75) is 52.6 Å². The van der Waals surface area contributed by atoms with Gasteiger partial charge in [0.25, 0.3) is 0 Å². The number of halogens is 3. The molecule has 2 heterocycles. The molecule has 1 aliphatic heterocycles. The molecule has 50 heavy (non-hydrogen) atoms. The normalized spacial score (nSPS) is 14.0. The molecule has 0 saturated carbocycles. The zero-order chi connectivity index (χ0) is 35.8. The highest BCUT2D eigenvalue weighted by atomic mass is 35.5. The van der Waals surface area contributed by atoms with E-state index < -0.39 is 20.5 Å². The summed E-state index contributed by atoms with van der Waals surface area (Å²) in [5.41, 5.74) is 1.31. The summed E-state index contributed by atoms with van der Waals surface area (Å²) in [6.45, 7) is 14.0. The van der Waals surface area contributed by atoms with Crippen LogP contribution in [0.3, 0.4) is 0 Å². The lowest BCUT2D eigenvalue weighted by Gasteiger charge is -2.36. The van der Waals surface area contributed by atoms with Crippen LogP contribution in [0, 0.1) is 5.82 Å². The van der Waals surface area contributed by atoms with Crippen LogP contribution >= 0.6 is 23.2 Å². The van der Waals surface area contributed by atoms with Crippen LogP contribution in [0.4, 0.5) is 15.0 Å². The predicted molar refractivity (Wildman–Crippen MR) is 202 cm³/mol. The molecular weight excluding hydrogens is 690 g/mol. The third-order valence-electron chi connectivity index (χ3n) is 8.54. The van der Waals surface area contributed by atoms with Crippen molar-refractivity contribution in [3.8, 4) is 16.9 Å². The van der Waals surface area contributed by atoms with E-state index in [1.165, 1.54) is 11.6 Å². The molecule has 259 valence electrons. The van der Waals surface area contributed by atoms with Gasteiger partial charge >= 0.3 is 15.1 Å². The van der Waals surface area contributed by atoms with Crippen molar-refractivity contribution in [1.29, 1.82) is 0 Å². The highest BCUT2D eigenvalue weighted by molar-refractivity contribution is 6.80. The lowest BCUT2D eigenvalue weighted by molar-refractivity contribution is 0.0240. The van der Waals surface area contributed by atoms with Crippen LogP contribution in [0.15, 0.2) is 84.9 Å². The number of carbonyl (C=O) groups excluding carboxylic acids is 1. The molecule has 5 aromatic rings. The summed E-state index contributed by atoms with van der Waals surface area (Å²) in [5, 5.41) is 12.5. The van der Waals surface area contributed by atoms with Crippen molar-refractivity contribution in [3.63, 3.8) is 0 Å². The molecule has 1 aliphatic rings. The van der Waals surface area contributed by atoms with Gasteiger partial charge in [0.2, 0.25) is 0 Å². The number of fused-ring (bicyclic) bond motifs is 1. The summed E-state index contributed by atoms with van der Waals surface area (Å²) in [6.07, 6.45) is -0.349. The van der Waals surface area contributed by atoms with Crippen LogP contribution in [-0.4, -0.2) is 62.0 Å². The maximum atomic E-state index is 16.0. The van der Waals surface area contributed by atoms with Crippen LogP contribution in [0.1, 0.15) is 47.1 Å². The molecule has 0 atom stereocenters. The second kappa shape index (κ2) is 14.2. The zero-order valence-electron chi connectivity index (χ0n) is 29.1. The lowest BCUT2D eigenvalue weighted by atomic mass is 9.87. The second-order valence-corrected chi connectivity index (χ2v) is 17.2. The van der Waals surface area contributed by atoms with E-state index in [0.717, 1.165) is 10.4 Å². The number of aromatic nitrogens is 2. The summed E-state index contributed by atoms with van der Waals surface area (Å²) in [6, 6.07) is 26.8. The minimum absolute atomic E-state index is 0.00154. The molecular formula is C39H40Cl2FN4O3Si. The van der Waals surface area contributed by atoms with Gasteiger partial charge in [-0.15, -0.1) is 10.2 Å². The topological polar surface area (TPSA) is 67.8 Å². The summed E-state index contributed by atoms with van der Waals surface area (Å²) in [5.74, 6) is 0.485. The molecule has 4 aromatic carbocycles. The van der Waals surface area contributed by atoms with Gasteiger partial charge in [0.05, 0.1) is 5.56 Å². The van der Waals surface area contributed by atoms with Crippen molar-refractivity contribution < 1.29 is 18.3 Å². The first kappa shape index (κ1) is 35.6. The Morgan fingerprint density at radius 1 is 0.800 bits per heavy atom. The van der Waals surface area contributed by atoms with E-state index in [2.05, 4.69) is 55.2 Å². The Labute approximate surface area is 304 Å². The van der Waals surface area contributed by atoms with Crippen LogP contribution < -0.4 is 19.7 Å². The number of amides is 1. The van der Waals surface area contributed by atoms with E-state index in [1.807, 2.05) is 56.0 Å². The van der Waals surface area contributed by atoms with E-state index in [4.69, 9.17) is 32.4 Å². The standard InChI is InChI=1S/C39H40Cl2FN4O3Si/c1-38(2,3)25-15-17-27(18-16-25)50(26-11-8-7-9-12-26)49-33-14-10-13-32(42)34(33)30-23-28-29(24-31(30)40)36(44-43-35(28)41)45-19-21-46(22-20-45)37(47)48-39(4,5)6/h7-18,23-24H,19-22H2,1-6H3. The third kappa shape index (κ3) is 7.75. The largest absolute Gasteiger partial charge is 0.532 e. The first-order valence-electron chi connectivity index (χ1n) is 16.6. The van der Waals surface area contributed by atoms with E-state index in [9.17, 15) is 4.79 Å². The summed E-state index contributed by atoms with van der Waals surface area (Å²) < 4.78 is 28.4. The Morgan fingerprint density at radius 3 is 2.10 bits per heavy atom. The van der Waals surface area contributed by atoms with E-state index in [-0.39, 0.29) is 22.2 Å². The fourth-order valence-corrected chi connectivity index (χ4v) is 8.31. The van der Waals surface area contributed by atoms with Gasteiger partial charge in [-0.1, -0.05) is 105 Å². The monoisotopic (exact) mass is 729 g/mol. The summed E-state index contributed by atoms with van der Waals surface area (Å²) in [7, 11) is -1.87. The molecule has 0 unspecified atom stereocenters. The molecule has 0 aliphatic carbocycles. The quantitative estimate of drug-likeness (QED) is 0.164. The average molecular weight is 731 g/mol. The third-order valence-corrected chi connectivity index (χ3v) is 11.3. The molecule has 7 nitrogen and oxygen atoms in total. The molecule has 1 amide bonds. The van der Waals surface area contributed by atoms with Gasteiger partial charge in [-0.3, -0.25) is 0 Å². The van der Waals surface area contributed by atoms with Gasteiger partial charge in [0.15, 0.2) is 11.0 Å². The molecule has 0 bridgehead atoms. The average Bonchev–Trinajstić information content (AvgIpc) is 3.07. The van der Waals surface area contributed by atoms with Crippen LogP contribution in [0.5, 0.6) is 5.75 Å². The van der Waals surface area contributed by atoms with Crippen molar-refractivity contribution in [1.82, 2.24) is 15.1 Å². The molecule has 0 spiro atoms. The number of hydrogen-bond donors (Lipinski definition) is 0. The molecule has 1 fully saturated rings. The number of rotatable bonds is 6. The number of ether oxygens (including phenoxy) is 1. The fraction of sp³-hybridized carbons (Fsp3) is 0.308. The van der Waals surface area contributed by atoms with Gasteiger partial charge in [0, 0.05) is 47.5 Å². The van der Waals surface area contributed by atoms with Crippen LogP contribution in [-0.2, 0) is 10.2 Å². The van der Waals surface area contributed by atoms with Gasteiger partial charge in [-0.05, 0) is 66.4 Å². The molecule has 1 radical (unpaired) electrons. The Balaban J connectivity index is 1.36. The van der Waals surface area contributed by atoms with Crippen molar-refractivity contribution in [2.24, 2.45) is 0 Å². The van der Waals surface area contributed by atoms with Crippen molar-refractivity contribution in [2.75, 3.05) is 31.1 Å². The number of nitrogens with zero attached hydrogens (tertiary/aromatic N) is 4. The first-order valence-corrected chi connectivity index (χ1v) is 18.7.